The molecule has 0 saturated carbocycles. The van der Waals surface area contributed by atoms with Crippen LogP contribution in [-0.2, 0) is 12.8 Å². The van der Waals surface area contributed by atoms with Gasteiger partial charge in [-0.15, -0.1) is 0 Å². The van der Waals surface area contributed by atoms with Gasteiger partial charge >= 0.3 is 0 Å². The number of nitrogens with zero attached hydrogens (tertiary/aromatic N) is 4. The Labute approximate surface area is 133 Å². The van der Waals surface area contributed by atoms with Gasteiger partial charge in [-0.05, 0) is 43.2 Å². The van der Waals surface area contributed by atoms with Gasteiger partial charge in [-0.3, -0.25) is 0 Å². The number of imidazole rings is 1. The van der Waals surface area contributed by atoms with E-state index < -0.39 is 0 Å². The number of hydrogen-bond acceptors (Lipinski definition) is 6. The van der Waals surface area contributed by atoms with E-state index >= 15 is 0 Å². The molecule has 0 radical (unpaired) electrons. The molecule has 3 heterocycles. The van der Waals surface area contributed by atoms with Gasteiger partial charge in [0, 0.05) is 24.5 Å². The minimum atomic E-state index is 0.175. The molecular weight excluding hydrogens is 290 g/mol. The molecule has 0 fully saturated rings. The van der Waals surface area contributed by atoms with E-state index in [1.807, 2.05) is 6.20 Å². The van der Waals surface area contributed by atoms with Gasteiger partial charge in [0.2, 0.25) is 5.95 Å². The summed E-state index contributed by atoms with van der Waals surface area (Å²) in [5.74, 6) is 2.09. The largest absolute Gasteiger partial charge is 0.383 e. The molecule has 0 saturated heterocycles. The second kappa shape index (κ2) is 5.19. The fraction of sp³-hybridized carbons (Fsp3) is 0.375. The van der Waals surface area contributed by atoms with Crippen molar-refractivity contribution in [2.45, 2.75) is 38.5 Å². The van der Waals surface area contributed by atoms with Gasteiger partial charge in [-0.25, -0.2) is 9.97 Å². The van der Waals surface area contributed by atoms with Crippen molar-refractivity contribution in [2.24, 2.45) is 0 Å². The fourth-order valence-corrected chi connectivity index (χ4v) is 3.69. The van der Waals surface area contributed by atoms with E-state index in [0.29, 0.717) is 17.4 Å². The van der Waals surface area contributed by atoms with Gasteiger partial charge in [0.05, 0.1) is 5.39 Å². The summed E-state index contributed by atoms with van der Waals surface area (Å²) in [4.78, 5) is 20.5. The summed E-state index contributed by atoms with van der Waals surface area (Å²) in [6, 6.07) is 0. The van der Waals surface area contributed by atoms with Crippen LogP contribution in [0.15, 0.2) is 12.4 Å². The Morgan fingerprint density at radius 1 is 1.26 bits per heavy atom. The molecule has 7 heteroatoms. The minimum absolute atomic E-state index is 0.175. The molecule has 3 aromatic heterocycles. The van der Waals surface area contributed by atoms with Crippen LogP contribution in [-0.4, -0.2) is 24.9 Å². The first-order valence-corrected chi connectivity index (χ1v) is 7.84. The van der Waals surface area contributed by atoms with Gasteiger partial charge in [0.1, 0.15) is 11.6 Å². The first-order valence-electron chi connectivity index (χ1n) is 7.84. The highest BCUT2D eigenvalue weighted by atomic mass is 15.1. The van der Waals surface area contributed by atoms with Gasteiger partial charge in [-0.2, -0.15) is 9.97 Å². The normalized spacial score (nSPS) is 16.8. The Morgan fingerprint density at radius 2 is 2.13 bits per heavy atom. The Balaban J connectivity index is 1.74. The molecule has 1 aliphatic carbocycles. The van der Waals surface area contributed by atoms with E-state index in [2.05, 4.69) is 26.9 Å². The minimum Gasteiger partial charge on any atom is -0.383 e. The molecular formula is C16H19N7. The molecule has 3 aromatic rings. The Morgan fingerprint density at radius 3 is 2.91 bits per heavy atom. The van der Waals surface area contributed by atoms with E-state index in [1.54, 1.807) is 6.20 Å². The highest BCUT2D eigenvalue weighted by molar-refractivity contribution is 5.90. The first-order chi connectivity index (χ1) is 11.1. The van der Waals surface area contributed by atoms with Crippen LogP contribution in [0.2, 0.25) is 0 Å². The summed E-state index contributed by atoms with van der Waals surface area (Å²) < 4.78 is 0. The van der Waals surface area contributed by atoms with Crippen molar-refractivity contribution in [3.05, 3.63) is 35.0 Å². The van der Waals surface area contributed by atoms with Gasteiger partial charge in [-0.1, -0.05) is 0 Å². The summed E-state index contributed by atoms with van der Waals surface area (Å²) in [6.45, 7) is 2.09. The highest BCUT2D eigenvalue weighted by Gasteiger charge is 2.28. The molecule has 0 amide bonds. The fourth-order valence-electron chi connectivity index (χ4n) is 3.69. The number of aromatic nitrogens is 5. The molecule has 118 valence electrons. The predicted octanol–water partition coefficient (Wildman–Crippen LogP) is 1.88. The molecule has 1 aliphatic rings. The zero-order valence-electron chi connectivity index (χ0n) is 13.0. The Bertz CT molecular complexity index is 870. The van der Waals surface area contributed by atoms with Crippen LogP contribution in [0, 0.1) is 6.92 Å². The number of H-pyrrole nitrogens is 1. The second-order valence-electron chi connectivity index (χ2n) is 6.07. The number of anilines is 2. The van der Waals surface area contributed by atoms with Crippen molar-refractivity contribution in [1.29, 1.82) is 0 Å². The van der Waals surface area contributed by atoms with Crippen LogP contribution in [0.4, 0.5) is 11.8 Å². The van der Waals surface area contributed by atoms with Crippen LogP contribution in [0.25, 0.3) is 11.0 Å². The lowest BCUT2D eigenvalue weighted by molar-refractivity contribution is 0.606. The predicted molar refractivity (Wildman–Crippen MR) is 88.9 cm³/mol. The topological polar surface area (TPSA) is 119 Å². The van der Waals surface area contributed by atoms with Gasteiger partial charge in [0.15, 0.2) is 5.65 Å². The number of nitrogens with one attached hydrogen (secondary N) is 1. The zero-order valence-corrected chi connectivity index (χ0v) is 13.0. The van der Waals surface area contributed by atoms with Crippen LogP contribution in [0.3, 0.4) is 0 Å². The third-order valence-corrected chi connectivity index (χ3v) is 4.69. The number of aryl methyl sites for hydroxylation is 3. The van der Waals surface area contributed by atoms with E-state index in [0.717, 1.165) is 48.2 Å². The lowest BCUT2D eigenvalue weighted by atomic mass is 9.92. The molecule has 7 nitrogen and oxygen atoms in total. The number of fused-ring (bicyclic) bond motifs is 2. The van der Waals surface area contributed by atoms with E-state index in [9.17, 15) is 0 Å². The summed E-state index contributed by atoms with van der Waals surface area (Å²) in [5.41, 5.74) is 15.9. The Kier molecular flexibility index (Phi) is 3.14. The maximum atomic E-state index is 6.06. The number of pyridine rings is 1. The number of nitrogen functional groups attached to an aromatic ring is 2. The van der Waals surface area contributed by atoms with Crippen molar-refractivity contribution in [3.63, 3.8) is 0 Å². The van der Waals surface area contributed by atoms with Crippen LogP contribution < -0.4 is 11.5 Å². The van der Waals surface area contributed by atoms with Gasteiger partial charge in [0.25, 0.3) is 0 Å². The smallest absolute Gasteiger partial charge is 0.224 e. The average molecular weight is 309 g/mol. The number of rotatable bonds is 3. The van der Waals surface area contributed by atoms with Crippen molar-refractivity contribution >= 4 is 22.8 Å². The molecule has 0 aliphatic heterocycles. The molecule has 0 spiro atoms. The maximum Gasteiger partial charge on any atom is 0.224 e. The van der Waals surface area contributed by atoms with Crippen molar-refractivity contribution in [1.82, 2.24) is 24.9 Å². The third kappa shape index (κ3) is 2.28. The van der Waals surface area contributed by atoms with Crippen molar-refractivity contribution in [2.75, 3.05) is 11.5 Å². The lowest BCUT2D eigenvalue weighted by Crippen LogP contribution is -2.07. The second-order valence-corrected chi connectivity index (χ2v) is 6.07. The Hall–Kier alpha value is -2.70. The van der Waals surface area contributed by atoms with Crippen LogP contribution in [0.5, 0.6) is 0 Å². The SMILES string of the molecule is Cc1c2c(nc3nc(N)nc(N)c13)CCC2CCc1ncc[nH]1. The molecule has 5 N–H and O–H groups in total. The average Bonchev–Trinajstić information content (AvgIpc) is 3.13. The first kappa shape index (κ1) is 13.9. The van der Waals surface area contributed by atoms with Crippen LogP contribution in [0.1, 0.15) is 41.4 Å². The monoisotopic (exact) mass is 309 g/mol. The van der Waals surface area contributed by atoms with Crippen LogP contribution >= 0.6 is 0 Å². The summed E-state index contributed by atoms with van der Waals surface area (Å²) in [7, 11) is 0. The zero-order chi connectivity index (χ0) is 16.0. The maximum absolute atomic E-state index is 6.06. The number of aromatic amines is 1. The van der Waals surface area contributed by atoms with E-state index in [4.69, 9.17) is 16.5 Å². The van der Waals surface area contributed by atoms with Crippen molar-refractivity contribution in [3.8, 4) is 0 Å². The molecule has 4 rings (SSSR count). The van der Waals surface area contributed by atoms with E-state index in [-0.39, 0.29) is 5.95 Å². The summed E-state index contributed by atoms with van der Waals surface area (Å²) in [5, 5.41) is 0.836. The molecule has 1 atom stereocenters. The standard InChI is InChI=1S/C16H19N7/c1-8-12-9(3-5-11-19-6-7-20-11)2-4-10(12)21-15-13(8)14(17)22-16(18)23-15/h6-7,9H,2-5H2,1H3,(H,19,20)(H4,17,18,21,22,23). The molecule has 0 aromatic carbocycles. The number of hydrogen-bond donors (Lipinski definition) is 3. The van der Waals surface area contributed by atoms with E-state index in [1.165, 1.54) is 5.56 Å². The number of nitrogens with two attached hydrogens (primary N) is 2. The quantitative estimate of drug-likeness (QED) is 0.679. The van der Waals surface area contributed by atoms with Gasteiger partial charge < -0.3 is 16.5 Å². The lowest BCUT2D eigenvalue weighted by Gasteiger charge is -2.15. The van der Waals surface area contributed by atoms with Crippen molar-refractivity contribution < 1.29 is 0 Å². The molecule has 23 heavy (non-hydrogen) atoms. The molecule has 0 bridgehead atoms. The highest BCUT2D eigenvalue weighted by Crippen LogP contribution is 2.40. The molecule has 1 unspecified atom stereocenters. The summed E-state index contributed by atoms with van der Waals surface area (Å²) >= 11 is 0. The summed E-state index contributed by atoms with van der Waals surface area (Å²) in [6.07, 6.45) is 7.70. The third-order valence-electron chi connectivity index (χ3n) is 4.69.